The number of nitrogens with zero attached hydrogens (tertiary/aromatic N) is 3. The maximum absolute atomic E-state index is 10.2. The van der Waals surface area contributed by atoms with Gasteiger partial charge in [0.2, 0.25) is 6.29 Å². The maximum Gasteiger partial charge on any atom is 0.217 e. The van der Waals surface area contributed by atoms with Gasteiger partial charge in [-0.3, -0.25) is 4.98 Å². The molecule has 0 aromatic carbocycles. The molecule has 5 atom stereocenters. The van der Waals surface area contributed by atoms with Crippen LogP contribution in [-0.4, -0.2) is 58.7 Å². The van der Waals surface area contributed by atoms with E-state index in [-0.39, 0.29) is 0 Å². The molecule has 1 aromatic heterocycles. The summed E-state index contributed by atoms with van der Waals surface area (Å²) in [5.74, 6) is 1.58. The molecule has 0 saturated carbocycles. The molecule has 2 saturated heterocycles. The molecule has 5 N–H and O–H groups in total. The lowest BCUT2D eigenvalue weighted by Crippen LogP contribution is -2.64. The number of anilines is 1. The van der Waals surface area contributed by atoms with E-state index in [1.54, 1.807) is 12.2 Å². The van der Waals surface area contributed by atoms with Crippen molar-refractivity contribution in [1.29, 1.82) is 0 Å². The largest absolute Gasteiger partial charge is 0.463 e. The highest BCUT2D eigenvalue weighted by Crippen LogP contribution is 2.25. The van der Waals surface area contributed by atoms with Crippen molar-refractivity contribution in [2.75, 3.05) is 18.0 Å². The molecular weight excluding hydrogens is 454 g/mol. The topological polar surface area (TPSA) is 120 Å². The Labute approximate surface area is 217 Å². The first-order valence-corrected chi connectivity index (χ1v) is 13.0. The zero-order valence-corrected chi connectivity index (χ0v) is 22.6. The number of aliphatic hydroxyl groups is 1. The van der Waals surface area contributed by atoms with Gasteiger partial charge in [0.05, 0.1) is 42.4 Å². The first-order valence-electron chi connectivity index (χ1n) is 13.0. The Morgan fingerprint density at radius 2 is 1.86 bits per heavy atom. The Kier molecular flexibility index (Phi) is 14.9. The van der Waals surface area contributed by atoms with Gasteiger partial charge in [0.15, 0.2) is 0 Å². The van der Waals surface area contributed by atoms with Crippen LogP contribution in [0.2, 0.25) is 0 Å². The summed E-state index contributed by atoms with van der Waals surface area (Å²) in [7, 11) is 0. The van der Waals surface area contributed by atoms with E-state index >= 15 is 0 Å². The van der Waals surface area contributed by atoms with E-state index in [4.69, 9.17) is 20.9 Å². The fourth-order valence-electron chi connectivity index (χ4n) is 4.06. The second-order valence-electron chi connectivity index (χ2n) is 8.47. The number of ether oxygens (including phenoxy) is 2. The third kappa shape index (κ3) is 8.85. The lowest BCUT2D eigenvalue weighted by molar-refractivity contribution is -0.220. The quantitative estimate of drug-likeness (QED) is 0.264. The zero-order chi connectivity index (χ0) is 27.1. The van der Waals surface area contributed by atoms with Crippen molar-refractivity contribution in [3.8, 4) is 0 Å². The number of hydrogen-bond acceptors (Lipinski definition) is 8. The number of aliphatic hydroxyl groups excluding tert-OH is 1. The van der Waals surface area contributed by atoms with E-state index in [1.165, 1.54) is 12.8 Å². The van der Waals surface area contributed by atoms with Gasteiger partial charge >= 0.3 is 0 Å². The average molecular weight is 502 g/mol. The van der Waals surface area contributed by atoms with Crippen LogP contribution in [0.15, 0.2) is 61.7 Å². The molecule has 202 valence electrons. The van der Waals surface area contributed by atoms with Crippen molar-refractivity contribution in [2.45, 2.75) is 90.4 Å². The van der Waals surface area contributed by atoms with Gasteiger partial charge in [-0.2, -0.15) is 0 Å². The Bertz CT molecular complexity index is 819. The molecule has 8 nitrogen and oxygen atoms in total. The van der Waals surface area contributed by atoms with E-state index in [9.17, 15) is 5.11 Å². The number of aryl methyl sites for hydroxylation is 1. The summed E-state index contributed by atoms with van der Waals surface area (Å²) in [5, 5.41) is 10.2. The van der Waals surface area contributed by atoms with Crippen molar-refractivity contribution in [2.24, 2.45) is 11.5 Å². The summed E-state index contributed by atoms with van der Waals surface area (Å²) in [5.41, 5.74) is 14.2. The third-order valence-electron chi connectivity index (χ3n) is 6.12. The predicted molar refractivity (Wildman–Crippen MR) is 148 cm³/mol. The van der Waals surface area contributed by atoms with Crippen LogP contribution in [0.5, 0.6) is 0 Å². The van der Waals surface area contributed by atoms with Crippen LogP contribution in [0, 0.1) is 0 Å². The van der Waals surface area contributed by atoms with Crippen molar-refractivity contribution in [3.05, 3.63) is 67.4 Å². The number of hydrogen-bond donors (Lipinski definition) is 3. The maximum atomic E-state index is 10.2. The Balaban J connectivity index is 0.00000154. The standard InChI is InChI=1S/C24H37N5O3.C2H6.C2H4/c1-4-9-19(32-24-22(26)21(25)23(30)18(5-2)31-24)16(3)10-8-11-17-14-28-20(15-27-17)29-12-6-7-13-29;2*1-2/h4,9-10,14-15,18,21-24,30H,1,5-8,11-13,25-26H2,2-3H3;1-2H3;1-2H2/b16-10-,19-9+;;/t18-,21-,22+,23-,24?;;/m1../s1. The summed E-state index contributed by atoms with van der Waals surface area (Å²) in [6.07, 6.45) is 11.9. The van der Waals surface area contributed by atoms with Gasteiger partial charge in [0.25, 0.3) is 0 Å². The molecule has 36 heavy (non-hydrogen) atoms. The summed E-state index contributed by atoms with van der Waals surface area (Å²) < 4.78 is 12.0. The molecule has 0 aliphatic carbocycles. The smallest absolute Gasteiger partial charge is 0.217 e. The first kappa shape index (κ1) is 31.5. The minimum atomic E-state index is -0.809. The van der Waals surface area contributed by atoms with Crippen LogP contribution in [0.4, 0.5) is 5.82 Å². The molecule has 1 unspecified atom stereocenters. The molecule has 1 aromatic rings. The molecule has 2 aliphatic rings. The Morgan fingerprint density at radius 3 is 2.42 bits per heavy atom. The molecule has 0 bridgehead atoms. The van der Waals surface area contributed by atoms with Crippen molar-refractivity contribution >= 4 is 5.82 Å². The van der Waals surface area contributed by atoms with Gasteiger partial charge in [-0.15, -0.1) is 13.2 Å². The minimum absolute atomic E-state index is 0.411. The highest BCUT2D eigenvalue weighted by molar-refractivity contribution is 5.36. The van der Waals surface area contributed by atoms with E-state index in [1.807, 2.05) is 40.1 Å². The Hall–Kier alpha value is -2.52. The van der Waals surface area contributed by atoms with Crippen LogP contribution in [0.1, 0.15) is 59.1 Å². The fourth-order valence-corrected chi connectivity index (χ4v) is 4.06. The summed E-state index contributed by atoms with van der Waals surface area (Å²) in [4.78, 5) is 11.4. The van der Waals surface area contributed by atoms with Crippen molar-refractivity contribution < 1.29 is 14.6 Å². The minimum Gasteiger partial charge on any atom is -0.463 e. The number of allylic oxidation sites excluding steroid dienone is 4. The molecule has 3 rings (SSSR count). The van der Waals surface area contributed by atoms with Crippen LogP contribution >= 0.6 is 0 Å². The van der Waals surface area contributed by atoms with Crippen LogP contribution in [0.3, 0.4) is 0 Å². The first-order chi connectivity index (χ1) is 17.4. The summed E-state index contributed by atoms with van der Waals surface area (Å²) in [6.45, 7) is 19.8. The lowest BCUT2D eigenvalue weighted by Gasteiger charge is -2.41. The molecule has 2 aliphatic heterocycles. The second kappa shape index (κ2) is 17.0. The third-order valence-corrected chi connectivity index (χ3v) is 6.12. The number of aromatic nitrogens is 2. The van der Waals surface area contributed by atoms with Gasteiger partial charge < -0.3 is 30.9 Å². The van der Waals surface area contributed by atoms with Gasteiger partial charge in [0.1, 0.15) is 11.6 Å². The molecule has 8 heteroatoms. The molecular formula is C28H47N5O3. The molecule has 0 radical (unpaired) electrons. The van der Waals surface area contributed by atoms with Gasteiger partial charge in [-0.05, 0) is 50.7 Å². The normalized spacial score (nSPS) is 26.3. The zero-order valence-electron chi connectivity index (χ0n) is 22.6. The number of nitrogens with two attached hydrogens (primary N) is 2. The second-order valence-corrected chi connectivity index (χ2v) is 8.47. The van der Waals surface area contributed by atoms with Crippen LogP contribution in [0.25, 0.3) is 0 Å². The lowest BCUT2D eigenvalue weighted by atomic mass is 9.94. The highest BCUT2D eigenvalue weighted by Gasteiger charge is 2.42. The van der Waals surface area contributed by atoms with Gasteiger partial charge in [0, 0.05) is 13.1 Å². The summed E-state index contributed by atoms with van der Waals surface area (Å²) in [6, 6.07) is -1.26. The average Bonchev–Trinajstić information content (AvgIpc) is 3.46. The predicted octanol–water partition coefficient (Wildman–Crippen LogP) is 4.02. The SMILES string of the molecule is C=C.C=C/C=C(OC1O[C@H](CC)[C@@H](O)[C@H](N)[C@@H]1N)\C(C)=C/CCc1cnc(N2CCCC2)cn1.CC. The Morgan fingerprint density at radius 1 is 1.19 bits per heavy atom. The summed E-state index contributed by atoms with van der Waals surface area (Å²) >= 11 is 0. The van der Waals surface area contributed by atoms with Gasteiger partial charge in [-0.1, -0.05) is 39.5 Å². The highest BCUT2D eigenvalue weighted by atomic mass is 16.7. The van der Waals surface area contributed by atoms with E-state index in [0.29, 0.717) is 12.2 Å². The molecule has 3 heterocycles. The van der Waals surface area contributed by atoms with Crippen molar-refractivity contribution in [3.63, 3.8) is 0 Å². The number of rotatable bonds is 9. The van der Waals surface area contributed by atoms with Crippen molar-refractivity contribution in [1.82, 2.24) is 9.97 Å². The van der Waals surface area contributed by atoms with Crippen LogP contribution < -0.4 is 16.4 Å². The molecule has 0 amide bonds. The van der Waals surface area contributed by atoms with E-state index in [2.05, 4.69) is 40.7 Å². The van der Waals surface area contributed by atoms with Crippen LogP contribution in [-0.2, 0) is 15.9 Å². The van der Waals surface area contributed by atoms with E-state index in [0.717, 1.165) is 43.0 Å². The monoisotopic (exact) mass is 501 g/mol. The fraction of sp³-hybridized carbons (Fsp3) is 0.571. The molecule has 2 fully saturated rings. The molecule has 0 spiro atoms. The van der Waals surface area contributed by atoms with Gasteiger partial charge in [-0.25, -0.2) is 4.98 Å². The van der Waals surface area contributed by atoms with E-state index < -0.39 is 30.6 Å².